The van der Waals surface area contributed by atoms with E-state index in [0.717, 1.165) is 5.56 Å². The minimum atomic E-state index is -0.285. The van der Waals surface area contributed by atoms with Crippen LogP contribution in [-0.2, 0) is 6.54 Å². The number of hydrogen-bond acceptors (Lipinski definition) is 3. The SMILES string of the molecule is CC(C)c1ccc(C(=O)NC(=S)Nc2cccc(C(=O)N(C)Cc3ccccc3)c2)cc1. The largest absolute Gasteiger partial charge is 0.337 e. The van der Waals surface area contributed by atoms with Crippen molar-refractivity contribution in [1.82, 2.24) is 10.2 Å². The van der Waals surface area contributed by atoms with E-state index in [1.54, 1.807) is 48.3 Å². The van der Waals surface area contributed by atoms with Gasteiger partial charge in [0.25, 0.3) is 11.8 Å². The summed E-state index contributed by atoms with van der Waals surface area (Å²) in [6.07, 6.45) is 0. The first kappa shape index (κ1) is 23.2. The highest BCUT2D eigenvalue weighted by molar-refractivity contribution is 7.80. The van der Waals surface area contributed by atoms with E-state index < -0.39 is 0 Å². The average molecular weight is 446 g/mol. The van der Waals surface area contributed by atoms with Gasteiger partial charge in [0, 0.05) is 30.4 Å². The number of rotatable bonds is 6. The van der Waals surface area contributed by atoms with E-state index in [4.69, 9.17) is 12.2 Å². The smallest absolute Gasteiger partial charge is 0.257 e. The summed E-state index contributed by atoms with van der Waals surface area (Å²) in [6.45, 7) is 4.72. The topological polar surface area (TPSA) is 61.4 Å². The Balaban J connectivity index is 1.60. The molecular formula is C26H27N3O2S. The summed E-state index contributed by atoms with van der Waals surface area (Å²) in [5.41, 5.74) is 3.92. The minimum absolute atomic E-state index is 0.0994. The quantitative estimate of drug-likeness (QED) is 0.512. The van der Waals surface area contributed by atoms with Crippen molar-refractivity contribution in [2.75, 3.05) is 12.4 Å². The maximum atomic E-state index is 12.8. The monoisotopic (exact) mass is 445 g/mol. The Labute approximate surface area is 194 Å². The number of hydrogen-bond donors (Lipinski definition) is 2. The Bertz CT molecular complexity index is 1100. The molecule has 6 heteroatoms. The van der Waals surface area contributed by atoms with Gasteiger partial charge in [-0.05, 0) is 59.6 Å². The third-order valence-corrected chi connectivity index (χ3v) is 5.25. The molecule has 3 aromatic rings. The molecule has 0 radical (unpaired) electrons. The summed E-state index contributed by atoms with van der Waals surface area (Å²) < 4.78 is 0. The van der Waals surface area contributed by atoms with Gasteiger partial charge < -0.3 is 10.2 Å². The molecule has 0 fully saturated rings. The standard InChI is InChI=1S/C26H27N3O2S/c1-18(2)20-12-14-21(15-13-20)24(30)28-26(32)27-23-11-7-10-22(16-23)25(31)29(3)17-19-8-5-4-6-9-19/h4-16,18H,17H2,1-3H3,(H2,27,28,30,32). The molecule has 0 aliphatic carbocycles. The van der Waals surface area contributed by atoms with Crippen LogP contribution in [0.2, 0.25) is 0 Å². The second kappa shape index (κ2) is 10.7. The van der Waals surface area contributed by atoms with Crippen LogP contribution in [0.4, 0.5) is 5.69 Å². The number of nitrogens with one attached hydrogen (secondary N) is 2. The molecule has 0 saturated carbocycles. The number of nitrogens with zero attached hydrogens (tertiary/aromatic N) is 1. The first-order chi connectivity index (χ1) is 15.3. The minimum Gasteiger partial charge on any atom is -0.337 e. The summed E-state index contributed by atoms with van der Waals surface area (Å²) in [5.74, 6) is 0.0157. The summed E-state index contributed by atoms with van der Waals surface area (Å²) in [4.78, 5) is 26.9. The van der Waals surface area contributed by atoms with Gasteiger partial charge in [-0.15, -0.1) is 0 Å². The van der Waals surface area contributed by atoms with Crippen molar-refractivity contribution >= 4 is 34.8 Å². The lowest BCUT2D eigenvalue weighted by atomic mass is 10.0. The number of benzene rings is 3. The zero-order valence-electron chi connectivity index (χ0n) is 18.5. The van der Waals surface area contributed by atoms with Crippen LogP contribution in [-0.4, -0.2) is 28.9 Å². The van der Waals surface area contributed by atoms with Crippen LogP contribution in [0.1, 0.15) is 51.6 Å². The van der Waals surface area contributed by atoms with Gasteiger partial charge in [0.2, 0.25) is 0 Å². The molecular weight excluding hydrogens is 418 g/mol. The van der Waals surface area contributed by atoms with E-state index in [1.165, 1.54) is 5.56 Å². The Morgan fingerprint density at radius 1 is 0.906 bits per heavy atom. The molecule has 0 spiro atoms. The highest BCUT2D eigenvalue weighted by atomic mass is 32.1. The van der Waals surface area contributed by atoms with Gasteiger partial charge in [-0.2, -0.15) is 0 Å². The molecule has 0 saturated heterocycles. The zero-order chi connectivity index (χ0) is 23.1. The van der Waals surface area contributed by atoms with E-state index in [2.05, 4.69) is 24.5 Å². The molecule has 0 unspecified atom stereocenters. The molecule has 164 valence electrons. The third-order valence-electron chi connectivity index (χ3n) is 5.04. The van der Waals surface area contributed by atoms with Gasteiger partial charge in [0.15, 0.2) is 5.11 Å². The number of carbonyl (C=O) groups is 2. The summed E-state index contributed by atoms with van der Waals surface area (Å²) in [7, 11) is 1.77. The lowest BCUT2D eigenvalue weighted by molar-refractivity contribution is 0.0785. The predicted molar refractivity (Wildman–Crippen MR) is 133 cm³/mol. The first-order valence-electron chi connectivity index (χ1n) is 10.4. The van der Waals surface area contributed by atoms with Gasteiger partial charge >= 0.3 is 0 Å². The average Bonchev–Trinajstić information content (AvgIpc) is 2.79. The van der Waals surface area contributed by atoms with Crippen LogP contribution < -0.4 is 10.6 Å². The van der Waals surface area contributed by atoms with Crippen LogP contribution in [0.3, 0.4) is 0 Å². The van der Waals surface area contributed by atoms with E-state index in [0.29, 0.717) is 29.3 Å². The molecule has 0 aliphatic rings. The highest BCUT2D eigenvalue weighted by Gasteiger charge is 2.14. The van der Waals surface area contributed by atoms with E-state index in [1.807, 2.05) is 42.5 Å². The Morgan fingerprint density at radius 2 is 1.59 bits per heavy atom. The van der Waals surface area contributed by atoms with Gasteiger partial charge in [-0.25, -0.2) is 0 Å². The molecule has 2 amide bonds. The van der Waals surface area contributed by atoms with Crippen molar-refractivity contribution in [2.45, 2.75) is 26.3 Å². The van der Waals surface area contributed by atoms with Crippen molar-refractivity contribution < 1.29 is 9.59 Å². The fraction of sp³-hybridized carbons (Fsp3) is 0.192. The Hall–Kier alpha value is -3.51. The summed E-state index contributed by atoms with van der Waals surface area (Å²) in [6, 6.07) is 24.3. The molecule has 3 aromatic carbocycles. The lowest BCUT2D eigenvalue weighted by Crippen LogP contribution is -2.34. The van der Waals surface area contributed by atoms with Crippen molar-refractivity contribution in [2.24, 2.45) is 0 Å². The first-order valence-corrected chi connectivity index (χ1v) is 10.9. The highest BCUT2D eigenvalue weighted by Crippen LogP contribution is 2.16. The van der Waals surface area contributed by atoms with Crippen molar-refractivity contribution in [3.8, 4) is 0 Å². The van der Waals surface area contributed by atoms with Gasteiger partial charge in [-0.3, -0.25) is 14.9 Å². The van der Waals surface area contributed by atoms with Crippen LogP contribution >= 0.6 is 12.2 Å². The van der Waals surface area contributed by atoms with Crippen LogP contribution in [0.15, 0.2) is 78.9 Å². The maximum absolute atomic E-state index is 12.8. The molecule has 0 aliphatic heterocycles. The molecule has 32 heavy (non-hydrogen) atoms. The van der Waals surface area contributed by atoms with E-state index in [9.17, 15) is 9.59 Å². The van der Waals surface area contributed by atoms with Gasteiger partial charge in [0.05, 0.1) is 0 Å². The van der Waals surface area contributed by atoms with Crippen molar-refractivity contribution in [3.63, 3.8) is 0 Å². The van der Waals surface area contributed by atoms with Crippen LogP contribution in [0, 0.1) is 0 Å². The van der Waals surface area contributed by atoms with Gasteiger partial charge in [0.1, 0.15) is 0 Å². The van der Waals surface area contributed by atoms with Crippen molar-refractivity contribution in [1.29, 1.82) is 0 Å². The van der Waals surface area contributed by atoms with Gasteiger partial charge in [-0.1, -0.05) is 62.4 Å². The summed E-state index contributed by atoms with van der Waals surface area (Å²) >= 11 is 5.29. The fourth-order valence-electron chi connectivity index (χ4n) is 3.24. The number of anilines is 1. The number of carbonyl (C=O) groups excluding carboxylic acids is 2. The molecule has 0 aromatic heterocycles. The molecule has 0 heterocycles. The van der Waals surface area contributed by atoms with E-state index >= 15 is 0 Å². The number of thiocarbonyl (C=S) groups is 1. The van der Waals surface area contributed by atoms with Crippen molar-refractivity contribution in [3.05, 3.63) is 101 Å². The Kier molecular flexibility index (Phi) is 7.73. The van der Waals surface area contributed by atoms with Crippen LogP contribution in [0.25, 0.3) is 0 Å². The molecule has 5 nitrogen and oxygen atoms in total. The molecule has 2 N–H and O–H groups in total. The second-order valence-corrected chi connectivity index (χ2v) is 8.32. The molecule has 3 rings (SSSR count). The predicted octanol–water partition coefficient (Wildman–Crippen LogP) is 5.21. The fourth-order valence-corrected chi connectivity index (χ4v) is 3.45. The maximum Gasteiger partial charge on any atom is 0.257 e. The third kappa shape index (κ3) is 6.25. The lowest BCUT2D eigenvalue weighted by Gasteiger charge is -2.18. The Morgan fingerprint density at radius 3 is 2.25 bits per heavy atom. The zero-order valence-corrected chi connectivity index (χ0v) is 19.3. The number of amides is 2. The molecule has 0 bridgehead atoms. The normalized spacial score (nSPS) is 10.5. The van der Waals surface area contributed by atoms with E-state index in [-0.39, 0.29) is 16.9 Å². The second-order valence-electron chi connectivity index (χ2n) is 7.91. The van der Waals surface area contributed by atoms with Crippen LogP contribution in [0.5, 0.6) is 0 Å². The molecule has 0 atom stereocenters. The summed E-state index contributed by atoms with van der Waals surface area (Å²) in [5, 5.41) is 5.84.